The highest BCUT2D eigenvalue weighted by molar-refractivity contribution is 6.33. The van der Waals surface area contributed by atoms with Gasteiger partial charge in [-0.25, -0.2) is 9.97 Å². The first-order chi connectivity index (χ1) is 14.1. The van der Waals surface area contributed by atoms with Crippen molar-refractivity contribution in [2.24, 2.45) is 0 Å². The van der Waals surface area contributed by atoms with Crippen LogP contribution in [0.1, 0.15) is 16.1 Å². The number of nitrogens with one attached hydrogen (secondary N) is 1. The maximum Gasteiger partial charge on any atom is 0.271 e. The fourth-order valence-electron chi connectivity index (χ4n) is 2.94. The number of carbonyl (C=O) groups excluding carboxylic acids is 1. The Labute approximate surface area is 173 Å². The van der Waals surface area contributed by atoms with E-state index in [4.69, 9.17) is 30.5 Å². The first kappa shape index (κ1) is 20.9. The summed E-state index contributed by atoms with van der Waals surface area (Å²) in [7, 11) is 4.60. The molecule has 1 aliphatic rings. The quantitative estimate of drug-likeness (QED) is 0.723. The third-order valence-corrected chi connectivity index (χ3v) is 4.69. The molecule has 0 saturated carbocycles. The van der Waals surface area contributed by atoms with Crippen molar-refractivity contribution in [2.75, 3.05) is 52.5 Å². The number of benzene rings is 1. The average molecular weight is 423 g/mol. The average Bonchev–Trinajstić information content (AvgIpc) is 2.77. The number of halogens is 1. The van der Waals surface area contributed by atoms with Crippen molar-refractivity contribution in [1.29, 1.82) is 0 Å². The van der Waals surface area contributed by atoms with Crippen molar-refractivity contribution >= 4 is 23.5 Å². The predicted molar refractivity (Wildman–Crippen MR) is 107 cm³/mol. The van der Waals surface area contributed by atoms with Crippen molar-refractivity contribution < 1.29 is 23.7 Å². The van der Waals surface area contributed by atoms with E-state index in [1.807, 2.05) is 4.90 Å². The standard InChI is InChI=1S/C19H23ClN4O5/c1-26-14-8-12(9-15(27-2)17(14)28-3)10-21-18(25)16-13(20)11-22-19(23-16)24-4-6-29-7-5-24/h8-9,11H,4-7,10H2,1-3H3,(H,21,25). The predicted octanol–water partition coefficient (Wildman–Crippen LogP) is 1.92. The van der Waals surface area contributed by atoms with Gasteiger partial charge in [-0.1, -0.05) is 11.6 Å². The second-order valence-corrected chi connectivity index (χ2v) is 6.59. The summed E-state index contributed by atoms with van der Waals surface area (Å²) in [6, 6.07) is 3.53. The fraction of sp³-hybridized carbons (Fsp3) is 0.421. The molecule has 0 radical (unpaired) electrons. The molecule has 9 nitrogen and oxygen atoms in total. The van der Waals surface area contributed by atoms with E-state index in [2.05, 4.69) is 15.3 Å². The maximum absolute atomic E-state index is 12.7. The number of nitrogens with zero attached hydrogens (tertiary/aromatic N) is 3. The minimum Gasteiger partial charge on any atom is -0.493 e. The Kier molecular flexibility index (Phi) is 6.95. The largest absolute Gasteiger partial charge is 0.493 e. The van der Waals surface area contributed by atoms with Crippen LogP contribution >= 0.6 is 11.6 Å². The zero-order valence-corrected chi connectivity index (χ0v) is 17.3. The SMILES string of the molecule is COc1cc(CNC(=O)c2nc(N3CCOCC3)ncc2Cl)cc(OC)c1OC. The number of hydrogen-bond donors (Lipinski definition) is 1. The number of rotatable bonds is 7. The van der Waals surface area contributed by atoms with Gasteiger partial charge >= 0.3 is 0 Å². The molecule has 0 aliphatic carbocycles. The number of amides is 1. The molecule has 0 spiro atoms. The third-order valence-electron chi connectivity index (χ3n) is 4.42. The van der Waals surface area contributed by atoms with E-state index in [1.54, 1.807) is 12.1 Å². The highest BCUT2D eigenvalue weighted by Gasteiger charge is 2.20. The van der Waals surface area contributed by atoms with Crippen LogP contribution in [0.3, 0.4) is 0 Å². The molecule has 1 aromatic carbocycles. The summed E-state index contributed by atoms with van der Waals surface area (Å²) in [5.74, 6) is 1.55. The number of ether oxygens (including phenoxy) is 4. The van der Waals surface area contributed by atoms with Gasteiger partial charge in [0.2, 0.25) is 11.7 Å². The minimum atomic E-state index is -0.402. The van der Waals surface area contributed by atoms with Crippen LogP contribution in [0.4, 0.5) is 5.95 Å². The van der Waals surface area contributed by atoms with Gasteiger partial charge in [-0.05, 0) is 17.7 Å². The molecule has 0 unspecified atom stereocenters. The molecule has 1 N–H and O–H groups in total. The molecule has 156 valence electrons. The van der Waals surface area contributed by atoms with Crippen molar-refractivity contribution in [3.05, 3.63) is 34.6 Å². The summed E-state index contributed by atoms with van der Waals surface area (Å²) in [5, 5.41) is 3.00. The van der Waals surface area contributed by atoms with Gasteiger partial charge in [0.05, 0.1) is 45.8 Å². The molecule has 29 heavy (non-hydrogen) atoms. The van der Waals surface area contributed by atoms with Gasteiger partial charge in [-0.3, -0.25) is 4.79 Å². The van der Waals surface area contributed by atoms with Gasteiger partial charge < -0.3 is 29.2 Å². The monoisotopic (exact) mass is 422 g/mol. The first-order valence-electron chi connectivity index (χ1n) is 8.99. The van der Waals surface area contributed by atoms with Crippen LogP contribution in [-0.4, -0.2) is 63.5 Å². The molecule has 1 amide bonds. The van der Waals surface area contributed by atoms with Gasteiger partial charge in [0.15, 0.2) is 17.2 Å². The van der Waals surface area contributed by atoms with E-state index < -0.39 is 5.91 Å². The zero-order chi connectivity index (χ0) is 20.8. The van der Waals surface area contributed by atoms with Crippen LogP contribution in [0.25, 0.3) is 0 Å². The number of methoxy groups -OCH3 is 3. The molecule has 0 bridgehead atoms. The molecule has 0 atom stereocenters. The Morgan fingerprint density at radius 1 is 1.17 bits per heavy atom. The molecule has 1 saturated heterocycles. The van der Waals surface area contributed by atoms with Gasteiger partial charge in [0.1, 0.15) is 0 Å². The second kappa shape index (κ2) is 9.62. The van der Waals surface area contributed by atoms with E-state index in [1.165, 1.54) is 27.5 Å². The summed E-state index contributed by atoms with van der Waals surface area (Å²) in [5.41, 5.74) is 0.891. The number of carbonyl (C=O) groups is 1. The van der Waals surface area contributed by atoms with Crippen LogP contribution in [0.15, 0.2) is 18.3 Å². The Bertz CT molecular complexity index is 849. The number of hydrogen-bond acceptors (Lipinski definition) is 8. The molecule has 1 aromatic heterocycles. The van der Waals surface area contributed by atoms with E-state index >= 15 is 0 Å². The topological polar surface area (TPSA) is 95.0 Å². The number of aromatic nitrogens is 2. The molecule has 2 aromatic rings. The minimum absolute atomic E-state index is 0.121. The fourth-order valence-corrected chi connectivity index (χ4v) is 3.11. The lowest BCUT2D eigenvalue weighted by Crippen LogP contribution is -2.37. The summed E-state index contributed by atoms with van der Waals surface area (Å²) in [4.78, 5) is 23.2. The van der Waals surface area contributed by atoms with Gasteiger partial charge in [0.25, 0.3) is 5.91 Å². The van der Waals surface area contributed by atoms with Crippen LogP contribution in [0.5, 0.6) is 17.2 Å². The lowest BCUT2D eigenvalue weighted by atomic mass is 10.1. The second-order valence-electron chi connectivity index (χ2n) is 6.18. The van der Waals surface area contributed by atoms with E-state index in [-0.39, 0.29) is 17.3 Å². The van der Waals surface area contributed by atoms with Gasteiger partial charge in [-0.15, -0.1) is 0 Å². The van der Waals surface area contributed by atoms with Crippen molar-refractivity contribution in [2.45, 2.75) is 6.54 Å². The van der Waals surface area contributed by atoms with Crippen LogP contribution in [0, 0.1) is 0 Å². The van der Waals surface area contributed by atoms with Gasteiger partial charge in [0, 0.05) is 19.6 Å². The van der Waals surface area contributed by atoms with Crippen LogP contribution in [0.2, 0.25) is 5.02 Å². The Balaban J connectivity index is 1.75. The Hall–Kier alpha value is -2.78. The van der Waals surface area contributed by atoms with Crippen molar-refractivity contribution in [3.63, 3.8) is 0 Å². The maximum atomic E-state index is 12.7. The zero-order valence-electron chi connectivity index (χ0n) is 16.5. The molecule has 3 rings (SSSR count). The van der Waals surface area contributed by atoms with Gasteiger partial charge in [-0.2, -0.15) is 0 Å². The Morgan fingerprint density at radius 2 is 1.83 bits per heavy atom. The van der Waals surface area contributed by atoms with Crippen molar-refractivity contribution in [3.8, 4) is 17.2 Å². The molecular formula is C19H23ClN4O5. The van der Waals surface area contributed by atoms with Crippen LogP contribution < -0.4 is 24.4 Å². The molecular weight excluding hydrogens is 400 g/mol. The van der Waals surface area contributed by atoms with Crippen molar-refractivity contribution in [1.82, 2.24) is 15.3 Å². The Morgan fingerprint density at radius 3 is 2.41 bits per heavy atom. The lowest BCUT2D eigenvalue weighted by molar-refractivity contribution is 0.0945. The van der Waals surface area contributed by atoms with E-state index in [0.29, 0.717) is 49.5 Å². The molecule has 1 fully saturated rings. The molecule has 10 heteroatoms. The summed E-state index contributed by atoms with van der Waals surface area (Å²) in [6.45, 7) is 2.73. The summed E-state index contributed by atoms with van der Waals surface area (Å²) >= 11 is 6.16. The number of morpholine rings is 1. The first-order valence-corrected chi connectivity index (χ1v) is 9.37. The summed E-state index contributed by atoms with van der Waals surface area (Å²) in [6.07, 6.45) is 1.44. The highest BCUT2D eigenvalue weighted by atomic mass is 35.5. The van der Waals surface area contributed by atoms with E-state index in [0.717, 1.165) is 5.56 Å². The normalized spacial score (nSPS) is 13.7. The molecule has 1 aliphatic heterocycles. The number of anilines is 1. The smallest absolute Gasteiger partial charge is 0.271 e. The molecule has 2 heterocycles. The third kappa shape index (κ3) is 4.80. The summed E-state index contributed by atoms with van der Waals surface area (Å²) < 4.78 is 21.3. The van der Waals surface area contributed by atoms with Crippen LogP contribution in [-0.2, 0) is 11.3 Å². The van der Waals surface area contributed by atoms with E-state index in [9.17, 15) is 4.79 Å². The highest BCUT2D eigenvalue weighted by Crippen LogP contribution is 2.38. The lowest BCUT2D eigenvalue weighted by Gasteiger charge is -2.26.